The Balaban J connectivity index is 1.77. The minimum atomic E-state index is -0.819. The molecule has 0 aliphatic carbocycles. The maximum absolute atomic E-state index is 13.9. The Hall–Kier alpha value is -3.27. The zero-order valence-electron chi connectivity index (χ0n) is 17.1. The summed E-state index contributed by atoms with van der Waals surface area (Å²) in [6, 6.07) is 25.9. The van der Waals surface area contributed by atoms with Crippen molar-refractivity contribution in [1.29, 1.82) is 0 Å². The number of carbonyl (C=O) groups excluding carboxylic acids is 1. The van der Waals surface area contributed by atoms with Gasteiger partial charge >= 0.3 is 0 Å². The van der Waals surface area contributed by atoms with E-state index in [1.54, 1.807) is 7.11 Å². The van der Waals surface area contributed by atoms with Crippen LogP contribution in [0.25, 0.3) is 0 Å². The van der Waals surface area contributed by atoms with E-state index in [1.807, 2.05) is 65.6 Å². The largest absolute Gasteiger partial charge is 0.497 e. The lowest BCUT2D eigenvalue weighted by atomic mass is 9.80. The van der Waals surface area contributed by atoms with Gasteiger partial charge in [-0.05, 0) is 41.8 Å². The highest BCUT2D eigenvalue weighted by Gasteiger charge is 2.53. The Kier molecular flexibility index (Phi) is 5.01. The molecule has 29 heavy (non-hydrogen) atoms. The normalized spacial score (nSPS) is 18.1. The van der Waals surface area contributed by atoms with Crippen LogP contribution in [0, 0.1) is 5.92 Å². The predicted molar refractivity (Wildman–Crippen MR) is 117 cm³/mol. The molecule has 3 aromatic carbocycles. The van der Waals surface area contributed by atoms with Crippen molar-refractivity contribution >= 4 is 17.3 Å². The fraction of sp³-hybridized carbons (Fsp3) is 0.240. The smallest absolute Gasteiger partial charge is 0.258 e. The molecular weight excluding hydrogens is 360 g/mol. The summed E-state index contributed by atoms with van der Waals surface area (Å²) in [7, 11) is 1.65. The number of rotatable bonds is 6. The minimum Gasteiger partial charge on any atom is -0.497 e. The van der Waals surface area contributed by atoms with E-state index in [1.165, 1.54) is 0 Å². The molecule has 1 aliphatic heterocycles. The van der Waals surface area contributed by atoms with Crippen LogP contribution < -0.4 is 15.0 Å². The maximum Gasteiger partial charge on any atom is 0.258 e. The Morgan fingerprint density at radius 2 is 1.59 bits per heavy atom. The van der Waals surface area contributed by atoms with Gasteiger partial charge in [0, 0.05) is 11.3 Å². The van der Waals surface area contributed by atoms with Crippen LogP contribution in [0.3, 0.4) is 0 Å². The van der Waals surface area contributed by atoms with E-state index in [-0.39, 0.29) is 11.8 Å². The number of para-hydroxylation sites is 1. The number of fused-ring (bicyclic) bond motifs is 1. The molecule has 0 fully saturated rings. The molecule has 0 saturated carbocycles. The van der Waals surface area contributed by atoms with Crippen LogP contribution in [0.1, 0.15) is 25.0 Å². The van der Waals surface area contributed by atoms with Crippen LogP contribution in [-0.4, -0.2) is 13.0 Å². The van der Waals surface area contributed by atoms with Gasteiger partial charge in [0.15, 0.2) is 0 Å². The third kappa shape index (κ3) is 3.25. The minimum absolute atomic E-state index is 0.0547. The Morgan fingerprint density at radius 3 is 2.24 bits per heavy atom. The van der Waals surface area contributed by atoms with Crippen molar-refractivity contribution in [2.75, 3.05) is 17.3 Å². The van der Waals surface area contributed by atoms with E-state index in [9.17, 15) is 4.79 Å². The highest BCUT2D eigenvalue weighted by molar-refractivity contribution is 6.09. The highest BCUT2D eigenvalue weighted by atomic mass is 16.5. The van der Waals surface area contributed by atoms with Crippen molar-refractivity contribution in [3.63, 3.8) is 0 Å². The molecule has 0 spiro atoms. The third-order valence-electron chi connectivity index (χ3n) is 5.68. The van der Waals surface area contributed by atoms with Gasteiger partial charge in [-0.1, -0.05) is 62.4 Å². The molecule has 1 heterocycles. The zero-order valence-corrected chi connectivity index (χ0v) is 17.1. The first-order chi connectivity index (χ1) is 14.1. The lowest BCUT2D eigenvalue weighted by Crippen LogP contribution is -2.49. The third-order valence-corrected chi connectivity index (χ3v) is 5.68. The van der Waals surface area contributed by atoms with Gasteiger partial charge in [0.05, 0.1) is 19.3 Å². The number of carbonyl (C=O) groups is 1. The number of nitrogens with one attached hydrogen (secondary N) is 1. The second-order valence-electron chi connectivity index (χ2n) is 7.71. The number of amides is 1. The summed E-state index contributed by atoms with van der Waals surface area (Å²) < 4.78 is 5.27. The molecule has 1 amide bonds. The average Bonchev–Trinajstić information content (AvgIpc) is 2.99. The van der Waals surface area contributed by atoms with Crippen LogP contribution in [0.5, 0.6) is 5.75 Å². The van der Waals surface area contributed by atoms with Crippen molar-refractivity contribution < 1.29 is 9.53 Å². The molecule has 1 N–H and O–H groups in total. The van der Waals surface area contributed by atoms with Gasteiger partial charge in [0.1, 0.15) is 11.3 Å². The summed E-state index contributed by atoms with van der Waals surface area (Å²) in [5.74, 6) is 0.922. The lowest BCUT2D eigenvalue weighted by Gasteiger charge is -2.35. The summed E-state index contributed by atoms with van der Waals surface area (Å²) >= 11 is 0. The Bertz CT molecular complexity index is 999. The molecule has 3 aromatic rings. The highest BCUT2D eigenvalue weighted by Crippen LogP contribution is 2.47. The van der Waals surface area contributed by atoms with E-state index in [2.05, 4.69) is 37.4 Å². The second kappa shape index (κ2) is 7.63. The van der Waals surface area contributed by atoms with E-state index in [0.29, 0.717) is 6.54 Å². The first-order valence-corrected chi connectivity index (χ1v) is 9.94. The van der Waals surface area contributed by atoms with Gasteiger partial charge in [-0.15, -0.1) is 0 Å². The number of nitrogens with zero attached hydrogens (tertiary/aromatic N) is 1. The van der Waals surface area contributed by atoms with Gasteiger partial charge in [-0.2, -0.15) is 0 Å². The van der Waals surface area contributed by atoms with Crippen molar-refractivity contribution in [1.82, 2.24) is 0 Å². The first-order valence-electron chi connectivity index (χ1n) is 9.94. The maximum atomic E-state index is 13.9. The number of anilines is 2. The van der Waals surface area contributed by atoms with Crippen LogP contribution in [0.4, 0.5) is 11.4 Å². The summed E-state index contributed by atoms with van der Waals surface area (Å²) in [5, 5.41) is 3.58. The summed E-state index contributed by atoms with van der Waals surface area (Å²) in [5.41, 5.74) is 3.17. The number of ether oxygens (including phenoxy) is 1. The molecule has 0 unspecified atom stereocenters. The van der Waals surface area contributed by atoms with Gasteiger partial charge in [-0.25, -0.2) is 0 Å². The molecule has 0 aromatic heterocycles. The van der Waals surface area contributed by atoms with Gasteiger partial charge in [0.2, 0.25) is 0 Å². The van der Waals surface area contributed by atoms with Crippen molar-refractivity contribution in [3.8, 4) is 5.75 Å². The van der Waals surface area contributed by atoms with Gasteiger partial charge < -0.3 is 15.0 Å². The standard InChI is InChI=1S/C25H26N2O2/c1-18(2)25(26-20-13-15-21(29-3)16-14-20)22-11-7-8-12-23(22)27(24(25)28)17-19-9-5-4-6-10-19/h4-16,18,26H,17H2,1-3H3/t25-/m0/s1. The number of benzene rings is 3. The summed E-state index contributed by atoms with van der Waals surface area (Å²) in [6.45, 7) is 4.74. The predicted octanol–water partition coefficient (Wildman–Crippen LogP) is 5.21. The quantitative estimate of drug-likeness (QED) is 0.633. The summed E-state index contributed by atoms with van der Waals surface area (Å²) in [6.07, 6.45) is 0. The van der Waals surface area contributed by atoms with Gasteiger partial charge in [-0.3, -0.25) is 4.79 Å². The lowest BCUT2D eigenvalue weighted by molar-refractivity contribution is -0.123. The van der Waals surface area contributed by atoms with E-state index in [4.69, 9.17) is 4.74 Å². The molecule has 0 saturated heterocycles. The fourth-order valence-electron chi connectivity index (χ4n) is 4.13. The van der Waals surface area contributed by atoms with Crippen molar-refractivity contribution in [2.45, 2.75) is 25.9 Å². The van der Waals surface area contributed by atoms with E-state index >= 15 is 0 Å². The van der Waals surface area contributed by atoms with Crippen LogP contribution >= 0.6 is 0 Å². The monoisotopic (exact) mass is 386 g/mol. The number of hydrogen-bond donors (Lipinski definition) is 1. The van der Waals surface area contributed by atoms with Crippen molar-refractivity contribution in [2.24, 2.45) is 5.92 Å². The topological polar surface area (TPSA) is 41.6 Å². The molecule has 148 valence electrons. The van der Waals surface area contributed by atoms with E-state index in [0.717, 1.165) is 28.3 Å². The number of methoxy groups -OCH3 is 1. The Labute approximate surface area is 172 Å². The van der Waals surface area contributed by atoms with Crippen LogP contribution in [0.2, 0.25) is 0 Å². The molecule has 0 radical (unpaired) electrons. The second-order valence-corrected chi connectivity index (χ2v) is 7.71. The molecule has 4 heteroatoms. The molecule has 4 nitrogen and oxygen atoms in total. The van der Waals surface area contributed by atoms with Gasteiger partial charge in [0.25, 0.3) is 5.91 Å². The molecule has 1 atom stereocenters. The number of hydrogen-bond acceptors (Lipinski definition) is 3. The molecular formula is C25H26N2O2. The van der Waals surface area contributed by atoms with Crippen molar-refractivity contribution in [3.05, 3.63) is 90.0 Å². The average molecular weight is 386 g/mol. The SMILES string of the molecule is COc1ccc(N[C@]2(C(C)C)C(=O)N(Cc3ccccc3)c3ccccc32)cc1. The van der Waals surface area contributed by atoms with Crippen LogP contribution in [0.15, 0.2) is 78.9 Å². The molecule has 4 rings (SSSR count). The van der Waals surface area contributed by atoms with Crippen LogP contribution in [-0.2, 0) is 16.9 Å². The fourth-order valence-corrected chi connectivity index (χ4v) is 4.13. The van der Waals surface area contributed by atoms with E-state index < -0.39 is 5.54 Å². The molecule has 1 aliphatic rings. The first kappa shape index (κ1) is 19.1. The Morgan fingerprint density at radius 1 is 0.931 bits per heavy atom. The zero-order chi connectivity index (χ0) is 20.4. The molecule has 0 bridgehead atoms. The summed E-state index contributed by atoms with van der Waals surface area (Å²) in [4.78, 5) is 15.8.